The van der Waals surface area contributed by atoms with Crippen LogP contribution in [0.1, 0.15) is 31.1 Å². The third-order valence-corrected chi connectivity index (χ3v) is 3.26. The van der Waals surface area contributed by atoms with Gasteiger partial charge in [0.2, 0.25) is 0 Å². The van der Waals surface area contributed by atoms with Gasteiger partial charge in [-0.05, 0) is 31.4 Å². The zero-order chi connectivity index (χ0) is 9.54. The third kappa shape index (κ3) is 1.37. The Kier molecular flexibility index (Phi) is 1.89. The largest absolute Gasteiger partial charge is 0.468 e. The van der Waals surface area contributed by atoms with Crippen molar-refractivity contribution in [3.05, 3.63) is 24.2 Å². The lowest BCUT2D eigenvalue weighted by Crippen LogP contribution is -2.29. The molecule has 3 heteroatoms. The Labute approximate surface area is 83.9 Å². The molecule has 0 amide bonds. The maximum atomic E-state index is 6.00. The molecule has 0 spiro atoms. The number of likely N-dealkylation sites (tertiary alicyclic amines) is 1. The van der Waals surface area contributed by atoms with Crippen LogP contribution < -0.4 is 5.73 Å². The highest BCUT2D eigenvalue weighted by molar-refractivity contribution is 5.10. The molecule has 2 aliphatic rings. The van der Waals surface area contributed by atoms with E-state index in [-0.39, 0.29) is 0 Å². The molecule has 3 rings (SSSR count). The van der Waals surface area contributed by atoms with Crippen molar-refractivity contribution in [1.29, 1.82) is 0 Å². The summed E-state index contributed by atoms with van der Waals surface area (Å²) in [7, 11) is 0. The summed E-state index contributed by atoms with van der Waals surface area (Å²) in [4.78, 5) is 2.52. The quantitative estimate of drug-likeness (QED) is 0.772. The minimum atomic E-state index is 0.325. The maximum absolute atomic E-state index is 6.00. The molecule has 1 saturated carbocycles. The summed E-state index contributed by atoms with van der Waals surface area (Å²) in [5.41, 5.74) is 6.00. The first kappa shape index (κ1) is 8.50. The number of nitrogens with two attached hydrogens (primary N) is 1. The lowest BCUT2D eigenvalue weighted by atomic mass is 10.1. The Morgan fingerprint density at radius 3 is 2.93 bits per heavy atom. The van der Waals surface area contributed by atoms with E-state index >= 15 is 0 Å². The van der Waals surface area contributed by atoms with Gasteiger partial charge in [0.25, 0.3) is 0 Å². The minimum Gasteiger partial charge on any atom is -0.468 e. The van der Waals surface area contributed by atoms with Gasteiger partial charge in [0.05, 0.1) is 12.3 Å². The lowest BCUT2D eigenvalue weighted by Gasteiger charge is -2.21. The topological polar surface area (TPSA) is 42.4 Å². The van der Waals surface area contributed by atoms with Crippen LogP contribution in [0, 0.1) is 0 Å². The van der Waals surface area contributed by atoms with Gasteiger partial charge in [0.15, 0.2) is 0 Å². The van der Waals surface area contributed by atoms with Crippen molar-refractivity contribution in [1.82, 2.24) is 4.90 Å². The molecule has 0 aromatic carbocycles. The van der Waals surface area contributed by atoms with Gasteiger partial charge in [-0.2, -0.15) is 0 Å². The molecule has 14 heavy (non-hydrogen) atoms. The SMILES string of the molecule is NC1CC(c2ccco2)N(C2CC2)C1. The van der Waals surface area contributed by atoms with Gasteiger partial charge in [0.1, 0.15) is 5.76 Å². The molecular formula is C11H16N2O. The van der Waals surface area contributed by atoms with Crippen molar-refractivity contribution in [3.63, 3.8) is 0 Å². The van der Waals surface area contributed by atoms with Crippen LogP contribution in [0.15, 0.2) is 22.8 Å². The van der Waals surface area contributed by atoms with Crippen LogP contribution in [0.5, 0.6) is 0 Å². The van der Waals surface area contributed by atoms with Crippen molar-refractivity contribution in [3.8, 4) is 0 Å². The normalized spacial score (nSPS) is 33.8. The van der Waals surface area contributed by atoms with Gasteiger partial charge in [-0.15, -0.1) is 0 Å². The second kappa shape index (κ2) is 3.11. The van der Waals surface area contributed by atoms with Crippen LogP contribution in [0.4, 0.5) is 0 Å². The number of hydrogen-bond donors (Lipinski definition) is 1. The molecule has 1 aliphatic heterocycles. The Morgan fingerprint density at radius 1 is 1.43 bits per heavy atom. The smallest absolute Gasteiger partial charge is 0.120 e. The second-order valence-electron chi connectivity index (χ2n) is 4.45. The molecule has 2 N–H and O–H groups in total. The van der Waals surface area contributed by atoms with E-state index in [0.717, 1.165) is 24.8 Å². The minimum absolute atomic E-state index is 0.325. The fraction of sp³-hybridized carbons (Fsp3) is 0.636. The second-order valence-corrected chi connectivity index (χ2v) is 4.45. The van der Waals surface area contributed by atoms with Crippen LogP contribution in [0.3, 0.4) is 0 Å². The predicted molar refractivity (Wildman–Crippen MR) is 53.8 cm³/mol. The standard InChI is InChI=1S/C11H16N2O/c12-8-6-10(11-2-1-5-14-11)13(7-8)9-3-4-9/h1-2,5,8-10H,3-4,6-7,12H2. The van der Waals surface area contributed by atoms with E-state index in [1.807, 2.05) is 6.07 Å². The predicted octanol–water partition coefficient (Wildman–Crippen LogP) is 1.52. The Morgan fingerprint density at radius 2 is 2.29 bits per heavy atom. The zero-order valence-corrected chi connectivity index (χ0v) is 8.23. The molecule has 1 aromatic rings. The van der Waals surface area contributed by atoms with Crippen LogP contribution in [-0.4, -0.2) is 23.5 Å². The van der Waals surface area contributed by atoms with E-state index in [0.29, 0.717) is 12.1 Å². The summed E-state index contributed by atoms with van der Waals surface area (Å²) in [5, 5.41) is 0. The average molecular weight is 192 g/mol. The van der Waals surface area contributed by atoms with Crippen molar-refractivity contribution in [2.75, 3.05) is 6.54 Å². The van der Waals surface area contributed by atoms with Crippen molar-refractivity contribution in [2.45, 2.75) is 37.4 Å². The van der Waals surface area contributed by atoms with Gasteiger partial charge in [-0.25, -0.2) is 0 Å². The molecule has 76 valence electrons. The van der Waals surface area contributed by atoms with Gasteiger partial charge in [0, 0.05) is 18.6 Å². The summed E-state index contributed by atoms with van der Waals surface area (Å²) in [5.74, 6) is 1.09. The van der Waals surface area contributed by atoms with E-state index in [4.69, 9.17) is 10.2 Å². The van der Waals surface area contributed by atoms with E-state index in [1.165, 1.54) is 12.8 Å². The summed E-state index contributed by atoms with van der Waals surface area (Å²) in [6.07, 6.45) is 5.47. The van der Waals surface area contributed by atoms with Crippen LogP contribution in [0.2, 0.25) is 0 Å². The molecule has 2 heterocycles. The highest BCUT2D eigenvalue weighted by Crippen LogP contribution is 2.40. The third-order valence-electron chi connectivity index (χ3n) is 3.26. The van der Waals surface area contributed by atoms with Crippen molar-refractivity contribution in [2.24, 2.45) is 5.73 Å². The van der Waals surface area contributed by atoms with Gasteiger partial charge >= 0.3 is 0 Å². The molecule has 1 aromatic heterocycles. The fourth-order valence-electron chi connectivity index (χ4n) is 2.46. The van der Waals surface area contributed by atoms with Gasteiger partial charge < -0.3 is 10.2 Å². The number of nitrogens with zero attached hydrogens (tertiary/aromatic N) is 1. The van der Waals surface area contributed by atoms with Gasteiger partial charge in [-0.1, -0.05) is 0 Å². The summed E-state index contributed by atoms with van der Waals surface area (Å²) in [6, 6.07) is 5.57. The van der Waals surface area contributed by atoms with E-state index < -0.39 is 0 Å². The van der Waals surface area contributed by atoms with Crippen LogP contribution >= 0.6 is 0 Å². The number of rotatable bonds is 2. The summed E-state index contributed by atoms with van der Waals surface area (Å²) in [6.45, 7) is 1.04. The molecule has 2 fully saturated rings. The van der Waals surface area contributed by atoms with Crippen molar-refractivity contribution < 1.29 is 4.42 Å². The molecule has 2 unspecified atom stereocenters. The van der Waals surface area contributed by atoms with E-state index in [9.17, 15) is 0 Å². The molecule has 1 aliphatic carbocycles. The average Bonchev–Trinajstić information content (AvgIpc) is 2.74. The monoisotopic (exact) mass is 192 g/mol. The Bertz CT molecular complexity index is 305. The molecule has 0 radical (unpaired) electrons. The Hall–Kier alpha value is -0.800. The first-order chi connectivity index (χ1) is 6.84. The van der Waals surface area contributed by atoms with Crippen LogP contribution in [-0.2, 0) is 0 Å². The first-order valence-corrected chi connectivity index (χ1v) is 5.39. The zero-order valence-electron chi connectivity index (χ0n) is 8.23. The fourth-order valence-corrected chi connectivity index (χ4v) is 2.46. The first-order valence-electron chi connectivity index (χ1n) is 5.39. The highest BCUT2D eigenvalue weighted by atomic mass is 16.3. The molecule has 3 nitrogen and oxygen atoms in total. The summed E-state index contributed by atoms with van der Waals surface area (Å²) < 4.78 is 5.48. The summed E-state index contributed by atoms with van der Waals surface area (Å²) >= 11 is 0. The molecule has 1 saturated heterocycles. The highest BCUT2D eigenvalue weighted by Gasteiger charge is 2.41. The van der Waals surface area contributed by atoms with Gasteiger partial charge in [-0.3, -0.25) is 4.90 Å². The molecule has 0 bridgehead atoms. The molecular weight excluding hydrogens is 176 g/mol. The van der Waals surface area contributed by atoms with E-state index in [2.05, 4.69) is 11.0 Å². The van der Waals surface area contributed by atoms with E-state index in [1.54, 1.807) is 6.26 Å². The number of hydrogen-bond acceptors (Lipinski definition) is 3. The molecule has 2 atom stereocenters. The Balaban J connectivity index is 1.83. The van der Waals surface area contributed by atoms with Crippen molar-refractivity contribution >= 4 is 0 Å². The maximum Gasteiger partial charge on any atom is 0.120 e. The van der Waals surface area contributed by atoms with Crippen LogP contribution in [0.25, 0.3) is 0 Å². The lowest BCUT2D eigenvalue weighted by molar-refractivity contribution is 0.218. The number of furan rings is 1.